The first-order chi connectivity index (χ1) is 13.8. The van der Waals surface area contributed by atoms with E-state index in [1.807, 2.05) is 66.7 Å². The van der Waals surface area contributed by atoms with Crippen LogP contribution < -0.4 is 11.0 Å². The minimum Gasteiger partial charge on any atom is -0.279 e. The van der Waals surface area contributed by atoms with E-state index in [-0.39, 0.29) is 5.56 Å². The zero-order valence-corrected chi connectivity index (χ0v) is 15.8. The molecule has 0 aliphatic heterocycles. The molecule has 138 valence electrons. The zero-order chi connectivity index (χ0) is 19.2. The highest BCUT2D eigenvalue weighted by Crippen LogP contribution is 2.23. The van der Waals surface area contributed by atoms with Crippen molar-refractivity contribution >= 4 is 29.3 Å². The second kappa shape index (κ2) is 8.54. The maximum Gasteiger partial charge on any atom is 0.267 e. The molecule has 0 saturated heterocycles. The molecule has 0 aliphatic rings. The summed E-state index contributed by atoms with van der Waals surface area (Å²) in [5.41, 5.74) is 5.93. The number of aromatic nitrogens is 2. The molecule has 0 atom stereocenters. The van der Waals surface area contributed by atoms with Crippen molar-refractivity contribution in [2.24, 2.45) is 5.10 Å². The second-order valence-corrected chi connectivity index (χ2v) is 7.04. The molecule has 1 N–H and O–H groups in total. The van der Waals surface area contributed by atoms with E-state index >= 15 is 0 Å². The van der Waals surface area contributed by atoms with Gasteiger partial charge in [-0.3, -0.25) is 14.6 Å². The van der Waals surface area contributed by atoms with E-state index in [9.17, 15) is 4.79 Å². The van der Waals surface area contributed by atoms with Crippen molar-refractivity contribution in [3.63, 3.8) is 0 Å². The van der Waals surface area contributed by atoms with Gasteiger partial charge in [-0.25, -0.2) is 4.98 Å². The summed E-state index contributed by atoms with van der Waals surface area (Å²) in [6.45, 7) is 0. The summed E-state index contributed by atoms with van der Waals surface area (Å²) < 4.78 is 1.54. The Hall–Kier alpha value is -3.38. The van der Waals surface area contributed by atoms with Crippen LogP contribution >= 0.6 is 11.8 Å². The molecule has 2 aromatic carbocycles. The molecule has 0 amide bonds. The molecule has 2 heterocycles. The van der Waals surface area contributed by atoms with E-state index in [0.717, 1.165) is 11.4 Å². The first kappa shape index (κ1) is 18.0. The molecule has 0 aliphatic carbocycles. The molecule has 4 aromatic rings. The molecule has 0 spiro atoms. The van der Waals surface area contributed by atoms with Crippen LogP contribution in [0.3, 0.4) is 0 Å². The van der Waals surface area contributed by atoms with Gasteiger partial charge < -0.3 is 0 Å². The predicted molar refractivity (Wildman–Crippen MR) is 115 cm³/mol. The van der Waals surface area contributed by atoms with Crippen molar-refractivity contribution in [3.05, 3.63) is 107 Å². The van der Waals surface area contributed by atoms with Gasteiger partial charge in [-0.1, -0.05) is 54.6 Å². The van der Waals surface area contributed by atoms with Crippen LogP contribution in [0, 0.1) is 0 Å². The molecule has 0 saturated carbocycles. The fourth-order valence-corrected chi connectivity index (χ4v) is 3.66. The van der Waals surface area contributed by atoms with Gasteiger partial charge in [0.05, 0.1) is 17.5 Å². The Morgan fingerprint density at radius 3 is 2.46 bits per heavy atom. The van der Waals surface area contributed by atoms with Crippen molar-refractivity contribution in [2.75, 3.05) is 5.43 Å². The van der Waals surface area contributed by atoms with Gasteiger partial charge in [0.25, 0.3) is 5.56 Å². The average molecular weight is 386 g/mol. The summed E-state index contributed by atoms with van der Waals surface area (Å²) in [5, 5.41) is 4.92. The third kappa shape index (κ3) is 4.13. The van der Waals surface area contributed by atoms with Crippen LogP contribution in [0.15, 0.2) is 100.0 Å². The number of nitrogens with one attached hydrogen (secondary N) is 1. The van der Waals surface area contributed by atoms with Gasteiger partial charge in [-0.2, -0.15) is 5.10 Å². The number of para-hydroxylation sites is 1. The third-order valence-corrected chi connectivity index (χ3v) is 5.18. The molecule has 4 rings (SSSR count). The second-order valence-electron chi connectivity index (χ2n) is 6.07. The molecule has 0 bridgehead atoms. The van der Waals surface area contributed by atoms with Crippen LogP contribution in [0.1, 0.15) is 11.1 Å². The summed E-state index contributed by atoms with van der Waals surface area (Å²) >= 11 is 1.53. The fourth-order valence-electron chi connectivity index (χ4n) is 2.71. The van der Waals surface area contributed by atoms with Gasteiger partial charge in [0.15, 0.2) is 0 Å². The quantitative estimate of drug-likeness (QED) is 0.230. The monoisotopic (exact) mass is 386 g/mol. The summed E-state index contributed by atoms with van der Waals surface area (Å²) in [6.07, 6.45) is 3.27. The van der Waals surface area contributed by atoms with Gasteiger partial charge in [0, 0.05) is 11.9 Å². The van der Waals surface area contributed by atoms with Gasteiger partial charge in [-0.15, -0.1) is 11.8 Å². The van der Waals surface area contributed by atoms with Crippen LogP contribution in [0.5, 0.6) is 0 Å². The van der Waals surface area contributed by atoms with Gasteiger partial charge >= 0.3 is 0 Å². The Labute approximate surface area is 166 Å². The number of hydrogen-bond acceptors (Lipinski definition) is 5. The first-order valence-corrected chi connectivity index (χ1v) is 9.82. The van der Waals surface area contributed by atoms with Crippen LogP contribution in [0.25, 0.3) is 5.65 Å². The molecular weight excluding hydrogens is 368 g/mol. The smallest absolute Gasteiger partial charge is 0.267 e. The highest BCUT2D eigenvalue weighted by atomic mass is 32.2. The number of nitrogens with zero attached hydrogens (tertiary/aromatic N) is 3. The molecule has 6 heteroatoms. The highest BCUT2D eigenvalue weighted by molar-refractivity contribution is 7.98. The van der Waals surface area contributed by atoms with Crippen LogP contribution in [0.4, 0.5) is 5.69 Å². The minimum absolute atomic E-state index is 0.139. The van der Waals surface area contributed by atoms with Crippen LogP contribution in [0.2, 0.25) is 0 Å². The van der Waals surface area contributed by atoms with Crippen molar-refractivity contribution in [3.8, 4) is 0 Å². The molecule has 28 heavy (non-hydrogen) atoms. The Kier molecular flexibility index (Phi) is 5.49. The minimum atomic E-state index is -0.139. The van der Waals surface area contributed by atoms with Gasteiger partial charge in [-0.05, 0) is 29.8 Å². The van der Waals surface area contributed by atoms with E-state index in [1.54, 1.807) is 12.4 Å². The molecule has 0 fully saturated rings. The molecule has 5 nitrogen and oxygen atoms in total. The molecule has 0 unspecified atom stereocenters. The van der Waals surface area contributed by atoms with E-state index in [4.69, 9.17) is 0 Å². The lowest BCUT2D eigenvalue weighted by molar-refractivity contribution is 0.976. The third-order valence-electron chi connectivity index (χ3n) is 4.11. The van der Waals surface area contributed by atoms with Crippen molar-refractivity contribution in [1.29, 1.82) is 0 Å². The zero-order valence-electron chi connectivity index (χ0n) is 15.0. The fraction of sp³-hybridized carbons (Fsp3) is 0.0455. The normalized spacial score (nSPS) is 11.1. The number of hydrogen-bond donors (Lipinski definition) is 1. The number of thioether (sulfide) groups is 1. The Morgan fingerprint density at radius 1 is 0.964 bits per heavy atom. The molecular formula is C22H18N4OS. The number of rotatable bonds is 6. The maximum atomic E-state index is 13.0. The maximum absolute atomic E-state index is 13.0. The van der Waals surface area contributed by atoms with Gasteiger partial charge in [0.2, 0.25) is 0 Å². The van der Waals surface area contributed by atoms with Gasteiger partial charge in [0.1, 0.15) is 10.7 Å². The van der Waals surface area contributed by atoms with E-state index < -0.39 is 0 Å². The highest BCUT2D eigenvalue weighted by Gasteiger charge is 2.12. The van der Waals surface area contributed by atoms with Crippen molar-refractivity contribution in [1.82, 2.24) is 9.38 Å². The number of pyridine rings is 1. The van der Waals surface area contributed by atoms with Crippen LogP contribution in [-0.2, 0) is 5.75 Å². The Morgan fingerprint density at radius 2 is 1.68 bits per heavy atom. The summed E-state index contributed by atoms with van der Waals surface area (Å²) in [5.74, 6) is 0.725. The standard InChI is InChI=1S/C22H18N4OS/c27-22-19(15-23-25-18-11-5-2-6-12-18)21(24-20-13-7-8-14-26(20)22)28-16-17-9-3-1-4-10-17/h1-15,25H,16H2/b23-15-. The molecule has 0 radical (unpaired) electrons. The predicted octanol–water partition coefficient (Wildman–Crippen LogP) is 4.43. The number of hydrazone groups is 1. The average Bonchev–Trinajstić information content (AvgIpc) is 2.75. The lowest BCUT2D eigenvalue weighted by Gasteiger charge is -2.08. The van der Waals surface area contributed by atoms with E-state index in [2.05, 4.69) is 27.6 Å². The molecule has 2 aromatic heterocycles. The lowest BCUT2D eigenvalue weighted by atomic mass is 10.2. The van der Waals surface area contributed by atoms with Crippen LogP contribution in [-0.4, -0.2) is 15.6 Å². The van der Waals surface area contributed by atoms with E-state index in [0.29, 0.717) is 16.2 Å². The lowest BCUT2D eigenvalue weighted by Crippen LogP contribution is -2.21. The summed E-state index contributed by atoms with van der Waals surface area (Å²) in [4.78, 5) is 17.7. The van der Waals surface area contributed by atoms with Crippen molar-refractivity contribution < 1.29 is 0 Å². The summed E-state index contributed by atoms with van der Waals surface area (Å²) in [6, 6.07) is 25.2. The first-order valence-electron chi connectivity index (χ1n) is 8.83. The summed E-state index contributed by atoms with van der Waals surface area (Å²) in [7, 11) is 0. The SMILES string of the molecule is O=c1c(/C=N\Nc2ccccc2)c(SCc2ccccc2)nc2ccccn12. The topological polar surface area (TPSA) is 58.8 Å². The van der Waals surface area contributed by atoms with E-state index in [1.165, 1.54) is 21.7 Å². The Balaban J connectivity index is 1.67. The number of benzene rings is 2. The van der Waals surface area contributed by atoms with Crippen molar-refractivity contribution in [2.45, 2.75) is 10.8 Å². The number of fused-ring (bicyclic) bond motifs is 1. The Bertz CT molecular complexity index is 1160. The number of anilines is 1. The largest absolute Gasteiger partial charge is 0.279 e.